The van der Waals surface area contributed by atoms with Crippen LogP contribution in [0.2, 0.25) is 0 Å². The molecule has 160 valence electrons. The van der Waals surface area contributed by atoms with Crippen molar-refractivity contribution in [2.24, 2.45) is 0 Å². The van der Waals surface area contributed by atoms with Crippen LogP contribution in [-0.4, -0.2) is 42.2 Å². The van der Waals surface area contributed by atoms with Gasteiger partial charge in [0.2, 0.25) is 11.9 Å². The molecule has 0 bridgehead atoms. The van der Waals surface area contributed by atoms with E-state index in [1.165, 1.54) is 0 Å². The topological polar surface area (TPSA) is 79.4 Å². The van der Waals surface area contributed by atoms with Gasteiger partial charge in [-0.1, -0.05) is 29.8 Å². The van der Waals surface area contributed by atoms with Crippen molar-refractivity contribution in [1.82, 2.24) is 9.97 Å². The van der Waals surface area contributed by atoms with Gasteiger partial charge in [-0.2, -0.15) is 4.98 Å². The Hall–Kier alpha value is -3.45. The second-order valence-electron chi connectivity index (χ2n) is 7.71. The fraction of sp³-hybridized carbons (Fsp3) is 0.292. The number of carbonyl (C=O) groups excluding carboxylic acids is 1. The zero-order valence-electron chi connectivity index (χ0n) is 17.9. The minimum atomic E-state index is -0.0344. The number of ether oxygens (including phenoxy) is 1. The average molecular weight is 418 g/mol. The van der Waals surface area contributed by atoms with Crippen LogP contribution in [0.25, 0.3) is 0 Å². The lowest BCUT2D eigenvalue weighted by Gasteiger charge is -2.27. The molecular formula is C24H27N5O2. The van der Waals surface area contributed by atoms with Crippen molar-refractivity contribution in [2.45, 2.75) is 20.3 Å². The number of nitrogens with zero attached hydrogens (tertiary/aromatic N) is 3. The van der Waals surface area contributed by atoms with E-state index in [0.29, 0.717) is 25.6 Å². The zero-order valence-corrected chi connectivity index (χ0v) is 17.9. The SMILES string of the molecule is Cc1cccc(CC(=O)Nc2ccc(Nc3cc(C)nc(N4CCOCC4)n3)cc2)c1. The van der Waals surface area contributed by atoms with Crippen LogP contribution in [0.4, 0.5) is 23.1 Å². The first kappa shape index (κ1) is 20.8. The molecule has 1 aliphatic heterocycles. The highest BCUT2D eigenvalue weighted by atomic mass is 16.5. The number of rotatable bonds is 6. The van der Waals surface area contributed by atoms with E-state index in [2.05, 4.69) is 25.5 Å². The number of morpholine rings is 1. The molecule has 1 amide bonds. The molecule has 3 aromatic rings. The Bertz CT molecular complexity index is 1050. The molecule has 4 rings (SSSR count). The first-order chi connectivity index (χ1) is 15.0. The molecule has 1 aliphatic rings. The van der Waals surface area contributed by atoms with Gasteiger partial charge in [0.15, 0.2) is 0 Å². The molecule has 2 aromatic carbocycles. The third-order valence-electron chi connectivity index (χ3n) is 5.02. The predicted octanol–water partition coefficient (Wildman–Crippen LogP) is 3.85. The lowest BCUT2D eigenvalue weighted by molar-refractivity contribution is -0.115. The van der Waals surface area contributed by atoms with Crippen LogP contribution < -0.4 is 15.5 Å². The van der Waals surface area contributed by atoms with Gasteiger partial charge < -0.3 is 20.3 Å². The molecule has 1 aromatic heterocycles. The van der Waals surface area contributed by atoms with Crippen molar-refractivity contribution in [2.75, 3.05) is 41.8 Å². The van der Waals surface area contributed by atoms with Crippen molar-refractivity contribution < 1.29 is 9.53 Å². The largest absolute Gasteiger partial charge is 0.378 e. The number of nitrogens with one attached hydrogen (secondary N) is 2. The van der Waals surface area contributed by atoms with Crippen LogP contribution in [0, 0.1) is 13.8 Å². The normalized spacial score (nSPS) is 13.7. The first-order valence-corrected chi connectivity index (χ1v) is 10.5. The predicted molar refractivity (Wildman–Crippen MR) is 123 cm³/mol. The quantitative estimate of drug-likeness (QED) is 0.634. The van der Waals surface area contributed by atoms with Crippen LogP contribution >= 0.6 is 0 Å². The van der Waals surface area contributed by atoms with E-state index in [0.717, 1.165) is 47.1 Å². The summed E-state index contributed by atoms with van der Waals surface area (Å²) in [5, 5.41) is 6.28. The van der Waals surface area contributed by atoms with Crippen molar-refractivity contribution >= 4 is 29.0 Å². The van der Waals surface area contributed by atoms with E-state index >= 15 is 0 Å². The Labute approximate surface area is 182 Å². The van der Waals surface area contributed by atoms with Gasteiger partial charge in [-0.05, 0) is 43.7 Å². The summed E-state index contributed by atoms with van der Waals surface area (Å²) in [6.07, 6.45) is 0.353. The Morgan fingerprint density at radius 3 is 2.48 bits per heavy atom. The van der Waals surface area contributed by atoms with Gasteiger partial charge in [-0.3, -0.25) is 4.79 Å². The third kappa shape index (κ3) is 5.79. The van der Waals surface area contributed by atoms with E-state index in [1.807, 2.05) is 68.4 Å². The molecule has 0 unspecified atom stereocenters. The number of anilines is 4. The molecule has 1 saturated heterocycles. The molecule has 1 fully saturated rings. The Morgan fingerprint density at radius 1 is 1.00 bits per heavy atom. The summed E-state index contributed by atoms with van der Waals surface area (Å²) in [5.74, 6) is 1.42. The summed E-state index contributed by atoms with van der Waals surface area (Å²) < 4.78 is 5.41. The lowest BCUT2D eigenvalue weighted by Crippen LogP contribution is -2.37. The van der Waals surface area contributed by atoms with Crippen molar-refractivity contribution in [3.63, 3.8) is 0 Å². The Morgan fingerprint density at radius 2 is 1.74 bits per heavy atom. The molecule has 2 heterocycles. The second kappa shape index (κ2) is 9.57. The number of benzene rings is 2. The van der Waals surface area contributed by atoms with Gasteiger partial charge in [-0.25, -0.2) is 4.98 Å². The molecule has 31 heavy (non-hydrogen) atoms. The van der Waals surface area contributed by atoms with Crippen molar-refractivity contribution in [3.8, 4) is 0 Å². The van der Waals surface area contributed by atoms with Gasteiger partial charge in [0.25, 0.3) is 0 Å². The van der Waals surface area contributed by atoms with E-state index in [1.54, 1.807) is 0 Å². The number of aryl methyl sites for hydroxylation is 2. The lowest BCUT2D eigenvalue weighted by atomic mass is 10.1. The Balaban J connectivity index is 1.38. The van der Waals surface area contributed by atoms with E-state index < -0.39 is 0 Å². The fourth-order valence-corrected chi connectivity index (χ4v) is 3.52. The van der Waals surface area contributed by atoms with Crippen LogP contribution in [0.1, 0.15) is 16.8 Å². The maximum Gasteiger partial charge on any atom is 0.228 e. The molecule has 0 aliphatic carbocycles. The molecule has 0 radical (unpaired) electrons. The van der Waals surface area contributed by atoms with Gasteiger partial charge in [0, 0.05) is 36.2 Å². The van der Waals surface area contributed by atoms with E-state index in [-0.39, 0.29) is 5.91 Å². The number of amides is 1. The molecule has 7 nitrogen and oxygen atoms in total. The fourth-order valence-electron chi connectivity index (χ4n) is 3.52. The number of carbonyl (C=O) groups is 1. The molecule has 0 atom stereocenters. The molecule has 2 N–H and O–H groups in total. The van der Waals surface area contributed by atoms with Gasteiger partial charge >= 0.3 is 0 Å². The summed E-state index contributed by atoms with van der Waals surface area (Å²) in [4.78, 5) is 23.7. The highest BCUT2D eigenvalue weighted by Gasteiger charge is 2.15. The van der Waals surface area contributed by atoms with Crippen LogP contribution in [0.3, 0.4) is 0 Å². The summed E-state index contributed by atoms with van der Waals surface area (Å²) in [6.45, 7) is 6.95. The molecule has 0 spiro atoms. The average Bonchev–Trinajstić information content (AvgIpc) is 2.75. The van der Waals surface area contributed by atoms with Crippen molar-refractivity contribution in [1.29, 1.82) is 0 Å². The minimum absolute atomic E-state index is 0.0344. The zero-order chi connectivity index (χ0) is 21.6. The second-order valence-corrected chi connectivity index (χ2v) is 7.71. The number of aromatic nitrogens is 2. The number of hydrogen-bond donors (Lipinski definition) is 2. The summed E-state index contributed by atoms with van der Waals surface area (Å²) in [7, 11) is 0. The standard InChI is InChI=1S/C24H27N5O2/c1-17-4-3-5-19(14-17)16-23(30)27-21-8-6-20(7-9-21)26-22-15-18(2)25-24(28-22)29-10-12-31-13-11-29/h3-9,14-15H,10-13,16H2,1-2H3,(H,27,30)(H,25,26,28). The van der Waals surface area contributed by atoms with Crippen molar-refractivity contribution in [3.05, 3.63) is 71.4 Å². The molecule has 0 saturated carbocycles. The van der Waals surface area contributed by atoms with Crippen LogP contribution in [-0.2, 0) is 16.0 Å². The van der Waals surface area contributed by atoms with Gasteiger partial charge in [0.05, 0.1) is 19.6 Å². The minimum Gasteiger partial charge on any atom is -0.378 e. The smallest absolute Gasteiger partial charge is 0.228 e. The summed E-state index contributed by atoms with van der Waals surface area (Å²) in [5.41, 5.74) is 4.71. The number of hydrogen-bond acceptors (Lipinski definition) is 6. The van der Waals surface area contributed by atoms with Gasteiger partial charge in [-0.15, -0.1) is 0 Å². The molecule has 7 heteroatoms. The van der Waals surface area contributed by atoms with Gasteiger partial charge in [0.1, 0.15) is 5.82 Å². The summed E-state index contributed by atoms with van der Waals surface area (Å²) >= 11 is 0. The highest BCUT2D eigenvalue weighted by Crippen LogP contribution is 2.21. The maximum atomic E-state index is 12.3. The summed E-state index contributed by atoms with van der Waals surface area (Å²) in [6, 6.07) is 17.5. The monoisotopic (exact) mass is 417 g/mol. The highest BCUT2D eigenvalue weighted by molar-refractivity contribution is 5.92. The Kier molecular flexibility index (Phi) is 6.43. The van der Waals surface area contributed by atoms with Crippen LogP contribution in [0.5, 0.6) is 0 Å². The third-order valence-corrected chi connectivity index (χ3v) is 5.02. The van der Waals surface area contributed by atoms with E-state index in [9.17, 15) is 4.79 Å². The maximum absolute atomic E-state index is 12.3. The molecular weight excluding hydrogens is 390 g/mol. The van der Waals surface area contributed by atoms with Crippen LogP contribution in [0.15, 0.2) is 54.6 Å². The first-order valence-electron chi connectivity index (χ1n) is 10.5. The van der Waals surface area contributed by atoms with E-state index in [4.69, 9.17) is 4.74 Å².